The number of methoxy groups -OCH3 is 1. The lowest BCUT2D eigenvalue weighted by Crippen LogP contribution is -3.13. The third-order valence-corrected chi connectivity index (χ3v) is 6.11. The van der Waals surface area contributed by atoms with Crippen molar-refractivity contribution in [2.24, 2.45) is 0 Å². The topological polar surface area (TPSA) is 75.5 Å². The number of ether oxygens (including phenoxy) is 1. The second-order valence-electron chi connectivity index (χ2n) is 7.28. The van der Waals surface area contributed by atoms with Gasteiger partial charge in [-0.05, 0) is 24.3 Å². The highest BCUT2D eigenvalue weighted by Gasteiger charge is 2.24. The number of carbonyl (C=O) groups excluding carboxylic acids is 1. The van der Waals surface area contributed by atoms with Crippen molar-refractivity contribution in [1.29, 1.82) is 0 Å². The number of rotatable bonds is 7. The first-order chi connectivity index (χ1) is 14.7. The number of benzene rings is 2. The van der Waals surface area contributed by atoms with Crippen LogP contribution in [-0.4, -0.2) is 65.0 Å². The largest absolute Gasteiger partial charge is 0.497 e. The number of thioether (sulfide) groups is 1. The summed E-state index contributed by atoms with van der Waals surface area (Å²) in [6.45, 7) is 4.57. The van der Waals surface area contributed by atoms with Gasteiger partial charge >= 0.3 is 0 Å². The number of H-pyrrole nitrogens is 1. The van der Waals surface area contributed by atoms with E-state index in [0.717, 1.165) is 44.0 Å². The standard InChI is InChI=1S/C22H25N5O2S/c1-29-19-9-7-18(8-10-19)21-23-22(25-24-21)30-16-20(28)27-13-11-26(12-14-27)15-17-5-3-2-4-6-17/h2-10H,11-16H2,1H3,(H,23,24,25)/p+1. The van der Waals surface area contributed by atoms with E-state index in [-0.39, 0.29) is 5.91 Å². The predicted molar refractivity (Wildman–Crippen MR) is 117 cm³/mol. The minimum atomic E-state index is 0.148. The molecule has 2 N–H and O–H groups in total. The molecule has 1 aliphatic rings. The number of nitrogens with zero attached hydrogens (tertiary/aromatic N) is 3. The lowest BCUT2D eigenvalue weighted by molar-refractivity contribution is -0.917. The van der Waals surface area contributed by atoms with E-state index in [0.29, 0.717) is 16.7 Å². The predicted octanol–water partition coefficient (Wildman–Crippen LogP) is 1.50. The van der Waals surface area contributed by atoms with Crippen molar-refractivity contribution in [2.45, 2.75) is 11.7 Å². The summed E-state index contributed by atoms with van der Waals surface area (Å²) in [4.78, 5) is 20.6. The van der Waals surface area contributed by atoms with Crippen LogP contribution in [0.5, 0.6) is 5.75 Å². The van der Waals surface area contributed by atoms with Gasteiger partial charge in [-0.15, -0.1) is 5.10 Å². The molecule has 30 heavy (non-hydrogen) atoms. The van der Waals surface area contributed by atoms with Gasteiger partial charge in [-0.25, -0.2) is 4.98 Å². The van der Waals surface area contributed by atoms with Gasteiger partial charge in [0.1, 0.15) is 12.3 Å². The van der Waals surface area contributed by atoms with Crippen LogP contribution in [0.3, 0.4) is 0 Å². The Bertz CT molecular complexity index is 953. The highest BCUT2D eigenvalue weighted by Crippen LogP contribution is 2.21. The molecule has 0 radical (unpaired) electrons. The number of aromatic amines is 1. The van der Waals surface area contributed by atoms with Crippen molar-refractivity contribution in [3.63, 3.8) is 0 Å². The lowest BCUT2D eigenvalue weighted by atomic mass is 10.2. The molecular formula is C22H26N5O2S+. The fourth-order valence-electron chi connectivity index (χ4n) is 3.54. The number of nitrogens with one attached hydrogen (secondary N) is 2. The number of aromatic nitrogens is 3. The van der Waals surface area contributed by atoms with E-state index in [1.54, 1.807) is 7.11 Å². The van der Waals surface area contributed by atoms with Crippen molar-refractivity contribution in [2.75, 3.05) is 39.0 Å². The number of hydrogen-bond acceptors (Lipinski definition) is 5. The summed E-state index contributed by atoms with van der Waals surface area (Å²) >= 11 is 1.37. The first-order valence-electron chi connectivity index (χ1n) is 10.1. The zero-order valence-corrected chi connectivity index (χ0v) is 17.8. The molecule has 2 aromatic carbocycles. The zero-order chi connectivity index (χ0) is 20.8. The molecular weight excluding hydrogens is 398 g/mol. The maximum absolute atomic E-state index is 12.6. The van der Waals surface area contributed by atoms with Gasteiger partial charge in [0.25, 0.3) is 0 Å². The van der Waals surface area contributed by atoms with Gasteiger partial charge in [0.15, 0.2) is 5.82 Å². The lowest BCUT2D eigenvalue weighted by Gasteiger charge is -2.32. The van der Waals surface area contributed by atoms with Crippen molar-refractivity contribution >= 4 is 17.7 Å². The van der Waals surface area contributed by atoms with Crippen LogP contribution in [-0.2, 0) is 11.3 Å². The van der Waals surface area contributed by atoms with Gasteiger partial charge in [0.05, 0.1) is 39.0 Å². The van der Waals surface area contributed by atoms with Crippen LogP contribution in [0.15, 0.2) is 59.8 Å². The highest BCUT2D eigenvalue weighted by atomic mass is 32.2. The first-order valence-corrected chi connectivity index (χ1v) is 11.0. The molecule has 156 valence electrons. The first kappa shape index (κ1) is 20.4. The molecule has 2 heterocycles. The normalized spacial score (nSPS) is 14.6. The quantitative estimate of drug-likeness (QED) is 0.562. The Morgan fingerprint density at radius 1 is 1.13 bits per heavy atom. The fraction of sp³-hybridized carbons (Fsp3) is 0.318. The average Bonchev–Trinajstić information content (AvgIpc) is 3.28. The van der Waals surface area contributed by atoms with Crippen LogP contribution in [0.2, 0.25) is 0 Å². The van der Waals surface area contributed by atoms with Crippen LogP contribution in [0.1, 0.15) is 5.56 Å². The Kier molecular flexibility index (Phi) is 6.66. The van der Waals surface area contributed by atoms with Crippen molar-refractivity contribution < 1.29 is 14.4 Å². The van der Waals surface area contributed by atoms with Crippen LogP contribution in [0.25, 0.3) is 11.4 Å². The number of amides is 1. The molecule has 1 aliphatic heterocycles. The molecule has 4 rings (SSSR count). The molecule has 0 spiro atoms. The van der Waals surface area contributed by atoms with E-state index < -0.39 is 0 Å². The Labute approximate surface area is 180 Å². The summed E-state index contributed by atoms with van der Waals surface area (Å²) in [6.07, 6.45) is 0. The monoisotopic (exact) mass is 424 g/mol. The van der Waals surface area contributed by atoms with E-state index in [4.69, 9.17) is 4.74 Å². The smallest absolute Gasteiger partial charge is 0.233 e. The van der Waals surface area contributed by atoms with Gasteiger partial charge in [-0.2, -0.15) is 0 Å². The second-order valence-corrected chi connectivity index (χ2v) is 8.22. The van der Waals surface area contributed by atoms with Gasteiger partial charge in [0, 0.05) is 11.1 Å². The maximum Gasteiger partial charge on any atom is 0.233 e. The summed E-state index contributed by atoms with van der Waals surface area (Å²) < 4.78 is 5.18. The molecule has 1 amide bonds. The SMILES string of the molecule is COc1ccc(-c2nc(SCC(=O)N3CC[NH+](Cc4ccccc4)CC3)n[nH]2)cc1. The van der Waals surface area contributed by atoms with Gasteiger partial charge < -0.3 is 14.5 Å². The van der Waals surface area contributed by atoms with Crippen LogP contribution in [0, 0.1) is 0 Å². The van der Waals surface area contributed by atoms with E-state index in [9.17, 15) is 4.79 Å². The minimum absolute atomic E-state index is 0.148. The number of hydrogen-bond donors (Lipinski definition) is 2. The minimum Gasteiger partial charge on any atom is -0.497 e. The summed E-state index contributed by atoms with van der Waals surface area (Å²) in [5, 5.41) is 7.76. The van der Waals surface area contributed by atoms with E-state index in [2.05, 4.69) is 39.4 Å². The number of carbonyl (C=O) groups is 1. The molecule has 0 bridgehead atoms. The second kappa shape index (κ2) is 9.77. The molecule has 1 saturated heterocycles. The molecule has 1 fully saturated rings. The van der Waals surface area contributed by atoms with Crippen molar-refractivity contribution in [3.05, 3.63) is 60.2 Å². The van der Waals surface area contributed by atoms with Crippen LogP contribution < -0.4 is 9.64 Å². The van der Waals surface area contributed by atoms with Gasteiger partial charge in [-0.3, -0.25) is 9.89 Å². The molecule has 0 aliphatic carbocycles. The van der Waals surface area contributed by atoms with Crippen molar-refractivity contribution in [1.82, 2.24) is 20.1 Å². The Morgan fingerprint density at radius 2 is 1.87 bits per heavy atom. The van der Waals surface area contributed by atoms with Gasteiger partial charge in [0.2, 0.25) is 11.1 Å². The third-order valence-electron chi connectivity index (χ3n) is 5.27. The molecule has 0 atom stereocenters. The zero-order valence-electron chi connectivity index (χ0n) is 17.0. The van der Waals surface area contributed by atoms with E-state index in [1.165, 1.54) is 22.2 Å². The van der Waals surface area contributed by atoms with E-state index in [1.807, 2.05) is 35.2 Å². The maximum atomic E-state index is 12.6. The van der Waals surface area contributed by atoms with Crippen LogP contribution >= 0.6 is 11.8 Å². The van der Waals surface area contributed by atoms with Crippen LogP contribution in [0.4, 0.5) is 0 Å². The summed E-state index contributed by atoms with van der Waals surface area (Å²) in [6, 6.07) is 18.1. The molecule has 8 heteroatoms. The fourth-order valence-corrected chi connectivity index (χ4v) is 4.24. The Balaban J connectivity index is 1.24. The average molecular weight is 425 g/mol. The number of piperazine rings is 1. The van der Waals surface area contributed by atoms with Crippen molar-refractivity contribution in [3.8, 4) is 17.1 Å². The molecule has 0 unspecified atom stereocenters. The molecule has 7 nitrogen and oxygen atoms in total. The third kappa shape index (κ3) is 5.20. The summed E-state index contributed by atoms with van der Waals surface area (Å²) in [7, 11) is 1.64. The molecule has 1 aromatic heterocycles. The Hall–Kier alpha value is -2.84. The molecule has 0 saturated carbocycles. The summed E-state index contributed by atoms with van der Waals surface area (Å²) in [5.41, 5.74) is 2.28. The number of quaternary nitrogens is 1. The highest BCUT2D eigenvalue weighted by molar-refractivity contribution is 7.99. The Morgan fingerprint density at radius 3 is 2.57 bits per heavy atom. The van der Waals surface area contributed by atoms with E-state index >= 15 is 0 Å². The van der Waals surface area contributed by atoms with Gasteiger partial charge in [-0.1, -0.05) is 42.1 Å². The summed E-state index contributed by atoms with van der Waals surface area (Å²) in [5.74, 6) is 1.98. The molecule has 3 aromatic rings.